The zero-order chi connectivity index (χ0) is 16.7. The van der Waals surface area contributed by atoms with E-state index in [9.17, 15) is 9.59 Å². The van der Waals surface area contributed by atoms with Crippen molar-refractivity contribution in [3.8, 4) is 5.69 Å². The number of aryl methyl sites for hydroxylation is 1. The van der Waals surface area contributed by atoms with Crippen molar-refractivity contribution >= 4 is 52.2 Å². The standard InChI is InChI=1S/C16H12Cl2N2O2S/c1-8-3-10(4-14-15(21)19-16(22)23-14)9(2)20(8)13-6-11(17)5-12(18)7-13/h3-7H,1-2H3,(H,19,21,22)/b14-4-. The lowest BCUT2D eigenvalue weighted by atomic mass is 10.2. The number of imide groups is 1. The van der Waals surface area contributed by atoms with Gasteiger partial charge in [-0.2, -0.15) is 0 Å². The summed E-state index contributed by atoms with van der Waals surface area (Å²) in [5, 5.41) is 3.00. The fraction of sp³-hybridized carbons (Fsp3) is 0.125. The molecule has 1 fully saturated rings. The highest BCUT2D eigenvalue weighted by atomic mass is 35.5. The maximum Gasteiger partial charge on any atom is 0.290 e. The molecule has 0 unspecified atom stereocenters. The summed E-state index contributed by atoms with van der Waals surface area (Å²) in [6.45, 7) is 3.89. The minimum Gasteiger partial charge on any atom is -0.318 e. The van der Waals surface area contributed by atoms with E-state index in [0.717, 1.165) is 34.4 Å². The Bertz CT molecular complexity index is 851. The van der Waals surface area contributed by atoms with E-state index in [1.54, 1.807) is 12.1 Å². The van der Waals surface area contributed by atoms with E-state index in [4.69, 9.17) is 23.2 Å². The highest BCUT2D eigenvalue weighted by Gasteiger charge is 2.25. The number of hydrogen-bond acceptors (Lipinski definition) is 3. The SMILES string of the molecule is Cc1cc(/C=C2\SC(=O)NC2=O)c(C)n1-c1cc(Cl)cc(Cl)c1. The molecule has 2 heterocycles. The number of rotatable bonds is 2. The van der Waals surface area contributed by atoms with Gasteiger partial charge in [0.05, 0.1) is 4.91 Å². The lowest BCUT2D eigenvalue weighted by Crippen LogP contribution is -2.17. The number of nitrogens with zero attached hydrogens (tertiary/aromatic N) is 1. The van der Waals surface area contributed by atoms with Crippen molar-refractivity contribution in [1.29, 1.82) is 0 Å². The molecular formula is C16H12Cl2N2O2S. The predicted octanol–water partition coefficient (Wildman–Crippen LogP) is 4.72. The van der Waals surface area contributed by atoms with Crippen molar-refractivity contribution in [3.05, 3.63) is 56.2 Å². The van der Waals surface area contributed by atoms with E-state index in [-0.39, 0.29) is 11.1 Å². The molecule has 2 aromatic rings. The van der Waals surface area contributed by atoms with Gasteiger partial charge in [0.15, 0.2) is 0 Å². The van der Waals surface area contributed by atoms with E-state index in [1.807, 2.05) is 36.6 Å². The molecule has 0 radical (unpaired) electrons. The van der Waals surface area contributed by atoms with Crippen molar-refractivity contribution in [3.63, 3.8) is 0 Å². The van der Waals surface area contributed by atoms with Gasteiger partial charge in [-0.15, -0.1) is 0 Å². The highest BCUT2D eigenvalue weighted by Crippen LogP contribution is 2.30. The van der Waals surface area contributed by atoms with Crippen LogP contribution in [0.5, 0.6) is 0 Å². The minimum absolute atomic E-state index is 0.350. The largest absolute Gasteiger partial charge is 0.318 e. The van der Waals surface area contributed by atoms with Crippen LogP contribution >= 0.6 is 35.0 Å². The lowest BCUT2D eigenvalue weighted by Gasteiger charge is -2.10. The molecule has 0 aliphatic carbocycles. The molecule has 0 bridgehead atoms. The Morgan fingerprint density at radius 2 is 1.74 bits per heavy atom. The third-order valence-corrected chi connectivity index (χ3v) is 4.75. The third-order valence-electron chi connectivity index (χ3n) is 3.50. The van der Waals surface area contributed by atoms with Gasteiger partial charge >= 0.3 is 0 Å². The van der Waals surface area contributed by atoms with Gasteiger partial charge in [-0.05, 0) is 61.5 Å². The number of aromatic nitrogens is 1. The van der Waals surface area contributed by atoms with Gasteiger partial charge in [0, 0.05) is 27.1 Å². The third kappa shape index (κ3) is 3.17. The number of carbonyl (C=O) groups is 2. The van der Waals surface area contributed by atoms with Gasteiger partial charge in [-0.3, -0.25) is 14.9 Å². The topological polar surface area (TPSA) is 51.1 Å². The first-order valence-electron chi connectivity index (χ1n) is 6.75. The van der Waals surface area contributed by atoms with E-state index in [1.165, 1.54) is 0 Å². The molecule has 4 nitrogen and oxygen atoms in total. The molecule has 7 heteroatoms. The number of thioether (sulfide) groups is 1. The monoisotopic (exact) mass is 366 g/mol. The first kappa shape index (κ1) is 16.2. The molecule has 23 heavy (non-hydrogen) atoms. The van der Waals surface area contributed by atoms with Crippen molar-refractivity contribution in [2.24, 2.45) is 0 Å². The first-order valence-corrected chi connectivity index (χ1v) is 8.32. The van der Waals surface area contributed by atoms with Crippen LogP contribution in [-0.2, 0) is 4.79 Å². The van der Waals surface area contributed by atoms with Crippen LogP contribution in [-0.4, -0.2) is 15.7 Å². The zero-order valence-corrected chi connectivity index (χ0v) is 14.6. The number of nitrogens with one attached hydrogen (secondary N) is 1. The van der Waals surface area contributed by atoms with Crippen molar-refractivity contribution in [1.82, 2.24) is 9.88 Å². The number of benzene rings is 1. The number of hydrogen-bond donors (Lipinski definition) is 1. The van der Waals surface area contributed by atoms with Crippen molar-refractivity contribution in [2.75, 3.05) is 0 Å². The molecule has 0 atom stereocenters. The second-order valence-electron chi connectivity index (χ2n) is 5.14. The Hall–Kier alpha value is -1.69. The van der Waals surface area contributed by atoms with Crippen LogP contribution in [0.4, 0.5) is 4.79 Å². The summed E-state index contributed by atoms with van der Waals surface area (Å²) in [7, 11) is 0. The summed E-state index contributed by atoms with van der Waals surface area (Å²) >= 11 is 13.1. The highest BCUT2D eigenvalue weighted by molar-refractivity contribution is 8.18. The summed E-state index contributed by atoms with van der Waals surface area (Å²) in [6.07, 6.45) is 1.72. The van der Waals surface area contributed by atoms with Crippen LogP contribution in [0.1, 0.15) is 17.0 Å². The molecule has 3 rings (SSSR count). The van der Waals surface area contributed by atoms with E-state index >= 15 is 0 Å². The fourth-order valence-electron chi connectivity index (χ4n) is 2.56. The summed E-state index contributed by atoms with van der Waals surface area (Å²) in [5.41, 5.74) is 3.62. The van der Waals surface area contributed by atoms with Gasteiger partial charge in [-0.1, -0.05) is 23.2 Å². The Morgan fingerprint density at radius 1 is 1.09 bits per heavy atom. The first-order chi connectivity index (χ1) is 10.8. The minimum atomic E-state index is -0.365. The molecule has 1 N–H and O–H groups in total. The normalized spacial score (nSPS) is 16.3. The van der Waals surface area contributed by atoms with Crippen molar-refractivity contribution in [2.45, 2.75) is 13.8 Å². The summed E-state index contributed by atoms with van der Waals surface area (Å²) < 4.78 is 2.00. The van der Waals surface area contributed by atoms with E-state index in [2.05, 4.69) is 5.32 Å². The molecule has 1 aromatic carbocycles. The Balaban J connectivity index is 2.08. The number of amides is 2. The van der Waals surface area contributed by atoms with Gasteiger partial charge in [-0.25, -0.2) is 0 Å². The quantitative estimate of drug-likeness (QED) is 0.781. The molecule has 1 aliphatic rings. The molecule has 2 amide bonds. The van der Waals surface area contributed by atoms with Crippen LogP contribution in [0.3, 0.4) is 0 Å². The maximum absolute atomic E-state index is 11.7. The molecule has 1 aliphatic heterocycles. The average Bonchev–Trinajstić information content (AvgIpc) is 2.88. The van der Waals surface area contributed by atoms with Crippen LogP contribution in [0.15, 0.2) is 29.2 Å². The molecule has 0 spiro atoms. The van der Waals surface area contributed by atoms with Gasteiger partial charge < -0.3 is 4.57 Å². The average molecular weight is 367 g/mol. The maximum atomic E-state index is 11.7. The lowest BCUT2D eigenvalue weighted by molar-refractivity contribution is -0.115. The van der Waals surface area contributed by atoms with Crippen LogP contribution in [0.25, 0.3) is 11.8 Å². The van der Waals surface area contributed by atoms with E-state index < -0.39 is 0 Å². The molecule has 0 saturated carbocycles. The fourth-order valence-corrected chi connectivity index (χ4v) is 3.75. The van der Waals surface area contributed by atoms with Gasteiger partial charge in [0.1, 0.15) is 0 Å². The summed E-state index contributed by atoms with van der Waals surface area (Å²) in [4.78, 5) is 23.3. The second-order valence-corrected chi connectivity index (χ2v) is 7.03. The molecule has 1 aromatic heterocycles. The molecular weight excluding hydrogens is 355 g/mol. The molecule has 1 saturated heterocycles. The van der Waals surface area contributed by atoms with E-state index in [0.29, 0.717) is 15.0 Å². The smallest absolute Gasteiger partial charge is 0.290 e. The Kier molecular flexibility index (Phi) is 4.27. The van der Waals surface area contributed by atoms with Crippen LogP contribution in [0.2, 0.25) is 10.0 Å². The summed E-state index contributed by atoms with van der Waals surface area (Å²) in [6, 6.07) is 7.28. The Morgan fingerprint density at radius 3 is 2.30 bits per heavy atom. The summed E-state index contributed by atoms with van der Waals surface area (Å²) in [5.74, 6) is -0.365. The van der Waals surface area contributed by atoms with Gasteiger partial charge in [0.2, 0.25) is 0 Å². The van der Waals surface area contributed by atoms with Crippen LogP contribution < -0.4 is 5.32 Å². The van der Waals surface area contributed by atoms with Crippen LogP contribution in [0, 0.1) is 13.8 Å². The number of halogens is 2. The second kappa shape index (κ2) is 6.07. The van der Waals surface area contributed by atoms with Crippen molar-refractivity contribution < 1.29 is 9.59 Å². The predicted molar refractivity (Wildman–Crippen MR) is 94.4 cm³/mol. The Labute approximate surface area is 147 Å². The zero-order valence-electron chi connectivity index (χ0n) is 12.3. The van der Waals surface area contributed by atoms with Gasteiger partial charge in [0.25, 0.3) is 11.1 Å². The molecule has 118 valence electrons. The number of carbonyl (C=O) groups excluding carboxylic acids is 2.